The van der Waals surface area contributed by atoms with Crippen LogP contribution < -0.4 is 5.32 Å². The van der Waals surface area contributed by atoms with Crippen molar-refractivity contribution < 1.29 is 24.5 Å². The number of allylic oxidation sites excluding steroid dienone is 4. The van der Waals surface area contributed by atoms with Crippen molar-refractivity contribution in [2.24, 2.45) is 0 Å². The predicted molar refractivity (Wildman–Crippen MR) is 236 cm³/mol. The van der Waals surface area contributed by atoms with Gasteiger partial charge >= 0.3 is 5.97 Å². The number of rotatable bonds is 43. The van der Waals surface area contributed by atoms with Gasteiger partial charge in [-0.1, -0.05) is 218 Å². The number of hydrogen-bond donors (Lipinski definition) is 3. The Morgan fingerprint density at radius 2 is 0.927 bits per heavy atom. The second-order valence-corrected chi connectivity index (χ2v) is 16.5. The topological polar surface area (TPSA) is 95.9 Å². The lowest BCUT2D eigenvalue weighted by Gasteiger charge is -2.24. The van der Waals surface area contributed by atoms with E-state index in [1.165, 1.54) is 148 Å². The summed E-state index contributed by atoms with van der Waals surface area (Å²) in [7, 11) is 0. The Morgan fingerprint density at radius 1 is 0.527 bits per heavy atom. The largest absolute Gasteiger partial charge is 0.462 e. The molecule has 0 aliphatic heterocycles. The summed E-state index contributed by atoms with van der Waals surface area (Å²) < 4.78 is 5.88. The number of esters is 1. The van der Waals surface area contributed by atoms with Crippen molar-refractivity contribution in [1.82, 2.24) is 5.32 Å². The van der Waals surface area contributed by atoms with Crippen molar-refractivity contribution >= 4 is 11.9 Å². The molecule has 3 N–H and O–H groups in total. The maximum absolute atomic E-state index is 13.1. The van der Waals surface area contributed by atoms with E-state index in [4.69, 9.17) is 4.74 Å². The highest BCUT2D eigenvalue weighted by Crippen LogP contribution is 2.17. The second kappa shape index (κ2) is 43.5. The normalized spacial score (nSPS) is 13.5. The number of hydrogen-bond acceptors (Lipinski definition) is 5. The Morgan fingerprint density at radius 3 is 1.38 bits per heavy atom. The van der Waals surface area contributed by atoms with E-state index in [9.17, 15) is 19.8 Å². The molecule has 6 heteroatoms. The molecule has 0 rings (SSSR count). The van der Waals surface area contributed by atoms with Gasteiger partial charge in [0.05, 0.1) is 25.2 Å². The van der Waals surface area contributed by atoms with E-state index < -0.39 is 18.2 Å². The Kier molecular flexibility index (Phi) is 42.2. The highest BCUT2D eigenvalue weighted by atomic mass is 16.5. The van der Waals surface area contributed by atoms with Crippen LogP contribution in [0, 0.1) is 0 Å². The summed E-state index contributed by atoms with van der Waals surface area (Å²) in [4.78, 5) is 26.0. The minimum Gasteiger partial charge on any atom is -0.462 e. The molecule has 6 nitrogen and oxygen atoms in total. The van der Waals surface area contributed by atoms with Crippen LogP contribution in [0.3, 0.4) is 0 Å². The summed E-state index contributed by atoms with van der Waals surface area (Å²) in [5.74, 6) is -0.514. The van der Waals surface area contributed by atoms with E-state index in [0.29, 0.717) is 19.3 Å². The molecule has 0 heterocycles. The van der Waals surface area contributed by atoms with Crippen molar-refractivity contribution in [3.05, 3.63) is 24.3 Å². The first kappa shape index (κ1) is 53.3. The number of carbonyl (C=O) groups excluding carboxylic acids is 2. The van der Waals surface area contributed by atoms with Crippen LogP contribution in [0.1, 0.15) is 252 Å². The Labute approximate surface area is 341 Å². The van der Waals surface area contributed by atoms with E-state index in [-0.39, 0.29) is 24.9 Å². The monoisotopic (exact) mass is 776 g/mol. The third-order valence-corrected chi connectivity index (χ3v) is 11.1. The van der Waals surface area contributed by atoms with Crippen LogP contribution in [0.2, 0.25) is 0 Å². The lowest BCUT2D eigenvalue weighted by molar-refractivity contribution is -0.151. The van der Waals surface area contributed by atoms with E-state index in [1.807, 2.05) is 0 Å². The molecule has 55 heavy (non-hydrogen) atoms. The standard InChI is InChI=1S/C49H93NO5/c1-4-7-10-13-16-19-22-24-25-26-28-31-34-37-40-45(55-49(54)42-39-36-33-30-21-18-15-12-9-6-3)43-48(53)50-46(44-51)47(52)41-38-35-32-29-27-23-20-17-14-11-8-5-2/h25-26,28,31,45-47,51-52H,4-24,27,29-30,32-44H2,1-3H3,(H,50,53)/b26-25+,31-28+. The third-order valence-electron chi connectivity index (χ3n) is 11.1. The molecular formula is C49H93NO5. The molecule has 1 amide bonds. The Balaban J connectivity index is 4.63. The molecule has 0 aromatic carbocycles. The van der Waals surface area contributed by atoms with Crippen LogP contribution in [0.25, 0.3) is 0 Å². The van der Waals surface area contributed by atoms with Crippen molar-refractivity contribution in [1.29, 1.82) is 0 Å². The predicted octanol–water partition coefficient (Wildman–Crippen LogP) is 14.0. The summed E-state index contributed by atoms with van der Waals surface area (Å²) in [6, 6.07) is -0.709. The number of aliphatic hydroxyl groups is 2. The van der Waals surface area contributed by atoms with Crippen LogP contribution >= 0.6 is 0 Å². The summed E-state index contributed by atoms with van der Waals surface area (Å²) in [6.07, 6.45) is 48.1. The van der Waals surface area contributed by atoms with Crippen LogP contribution in [0.15, 0.2) is 24.3 Å². The van der Waals surface area contributed by atoms with Crippen LogP contribution in [-0.2, 0) is 14.3 Å². The zero-order valence-corrected chi connectivity index (χ0v) is 36.8. The van der Waals surface area contributed by atoms with Gasteiger partial charge in [-0.05, 0) is 44.9 Å². The molecule has 0 fully saturated rings. The molecule has 0 aromatic heterocycles. The molecular weight excluding hydrogens is 683 g/mol. The number of carbonyl (C=O) groups is 2. The Bertz CT molecular complexity index is 873. The first-order chi connectivity index (χ1) is 27.0. The quantitative estimate of drug-likeness (QED) is 0.0326. The number of unbranched alkanes of at least 4 members (excludes halogenated alkanes) is 28. The zero-order valence-electron chi connectivity index (χ0n) is 36.8. The van der Waals surface area contributed by atoms with Gasteiger partial charge in [0.25, 0.3) is 0 Å². The Hall–Kier alpha value is -1.66. The first-order valence-electron chi connectivity index (χ1n) is 24.1. The molecule has 0 aliphatic carbocycles. The van der Waals surface area contributed by atoms with Gasteiger partial charge in [-0.15, -0.1) is 0 Å². The van der Waals surface area contributed by atoms with E-state index >= 15 is 0 Å². The molecule has 0 radical (unpaired) electrons. The zero-order chi connectivity index (χ0) is 40.3. The fraction of sp³-hybridized carbons (Fsp3) is 0.878. The van der Waals surface area contributed by atoms with Gasteiger partial charge in [0.2, 0.25) is 5.91 Å². The summed E-state index contributed by atoms with van der Waals surface area (Å²) in [6.45, 7) is 6.45. The molecule has 324 valence electrons. The van der Waals surface area contributed by atoms with Gasteiger partial charge < -0.3 is 20.3 Å². The van der Waals surface area contributed by atoms with E-state index in [2.05, 4.69) is 50.4 Å². The number of amides is 1. The third kappa shape index (κ3) is 39.0. The fourth-order valence-electron chi connectivity index (χ4n) is 7.37. The molecule has 0 saturated heterocycles. The molecule has 3 atom stereocenters. The average molecular weight is 776 g/mol. The number of nitrogens with one attached hydrogen (secondary N) is 1. The van der Waals surface area contributed by atoms with Crippen molar-refractivity contribution in [2.75, 3.05) is 6.61 Å². The van der Waals surface area contributed by atoms with Gasteiger partial charge in [0, 0.05) is 6.42 Å². The summed E-state index contributed by atoms with van der Waals surface area (Å²) in [5, 5.41) is 23.7. The van der Waals surface area contributed by atoms with E-state index in [1.54, 1.807) is 0 Å². The van der Waals surface area contributed by atoms with Gasteiger partial charge in [0.15, 0.2) is 0 Å². The van der Waals surface area contributed by atoms with Gasteiger partial charge in [-0.3, -0.25) is 9.59 Å². The molecule has 3 unspecified atom stereocenters. The van der Waals surface area contributed by atoms with Crippen LogP contribution in [0.4, 0.5) is 0 Å². The second-order valence-electron chi connectivity index (χ2n) is 16.5. The maximum Gasteiger partial charge on any atom is 0.306 e. The lowest BCUT2D eigenvalue weighted by atomic mass is 10.0. The lowest BCUT2D eigenvalue weighted by Crippen LogP contribution is -2.46. The highest BCUT2D eigenvalue weighted by molar-refractivity contribution is 5.77. The van der Waals surface area contributed by atoms with Gasteiger partial charge in [-0.2, -0.15) is 0 Å². The fourth-order valence-corrected chi connectivity index (χ4v) is 7.37. The van der Waals surface area contributed by atoms with Crippen LogP contribution in [-0.4, -0.2) is 46.9 Å². The molecule has 0 spiro atoms. The smallest absolute Gasteiger partial charge is 0.306 e. The van der Waals surface area contributed by atoms with Crippen LogP contribution in [0.5, 0.6) is 0 Å². The SMILES string of the molecule is CCCCCCCCC/C=C/C=C/CCCC(CC(=O)NC(CO)C(O)CCCCCCCCCCCCCC)OC(=O)CCCCCCCCCCCC. The number of aliphatic hydroxyl groups excluding tert-OH is 2. The molecule has 0 bridgehead atoms. The summed E-state index contributed by atoms with van der Waals surface area (Å²) in [5.41, 5.74) is 0. The van der Waals surface area contributed by atoms with Gasteiger partial charge in [0.1, 0.15) is 6.10 Å². The number of ether oxygens (including phenoxy) is 1. The molecule has 0 aromatic rings. The van der Waals surface area contributed by atoms with Gasteiger partial charge in [-0.25, -0.2) is 0 Å². The minimum absolute atomic E-state index is 0.0493. The first-order valence-corrected chi connectivity index (χ1v) is 24.1. The van der Waals surface area contributed by atoms with Crippen molar-refractivity contribution in [3.63, 3.8) is 0 Å². The highest BCUT2D eigenvalue weighted by Gasteiger charge is 2.24. The summed E-state index contributed by atoms with van der Waals surface area (Å²) >= 11 is 0. The maximum atomic E-state index is 13.1. The molecule has 0 aliphatic rings. The van der Waals surface area contributed by atoms with Crippen molar-refractivity contribution in [3.8, 4) is 0 Å². The molecule has 0 saturated carbocycles. The average Bonchev–Trinajstić information content (AvgIpc) is 3.18. The van der Waals surface area contributed by atoms with E-state index in [0.717, 1.165) is 57.8 Å². The van der Waals surface area contributed by atoms with Crippen molar-refractivity contribution in [2.45, 2.75) is 270 Å². The minimum atomic E-state index is -0.793.